The first-order chi connectivity index (χ1) is 7.76. The topological polar surface area (TPSA) is 38.0 Å². The van der Waals surface area contributed by atoms with E-state index >= 15 is 0 Å². The summed E-state index contributed by atoms with van der Waals surface area (Å²) in [6, 6.07) is 6.67. The average Bonchev–Trinajstić information content (AvgIpc) is 2.31. The van der Waals surface area contributed by atoms with Gasteiger partial charge in [0, 0.05) is 18.3 Å². The molecule has 0 aromatic heterocycles. The van der Waals surface area contributed by atoms with Gasteiger partial charge in [-0.2, -0.15) is 11.8 Å². The predicted molar refractivity (Wildman–Crippen MR) is 70.5 cm³/mol. The number of hydrogen-bond acceptors (Lipinski definition) is 3. The summed E-state index contributed by atoms with van der Waals surface area (Å²) in [6.07, 6.45) is 4.30. The molecule has 4 heteroatoms. The Morgan fingerprint density at radius 2 is 2.06 bits per heavy atom. The van der Waals surface area contributed by atoms with Crippen molar-refractivity contribution in [2.45, 2.75) is 18.9 Å². The van der Waals surface area contributed by atoms with Crippen molar-refractivity contribution in [1.82, 2.24) is 0 Å². The van der Waals surface area contributed by atoms with Crippen molar-refractivity contribution in [3.8, 4) is 0 Å². The molecule has 0 amide bonds. The maximum Gasteiger partial charge on any atom is 0.123 e. The quantitative estimate of drug-likeness (QED) is 0.722. The number of thioether (sulfide) groups is 1. The lowest BCUT2D eigenvalue weighted by atomic mass is 10.1. The normalized spacial score (nSPS) is 12.4. The van der Waals surface area contributed by atoms with E-state index < -0.39 is 0 Å². The van der Waals surface area contributed by atoms with Crippen LogP contribution in [0, 0.1) is 5.82 Å². The molecule has 1 aromatic rings. The van der Waals surface area contributed by atoms with Crippen molar-refractivity contribution in [3.63, 3.8) is 0 Å². The number of hydrogen-bond donors (Lipinski definition) is 2. The van der Waals surface area contributed by atoms with Gasteiger partial charge >= 0.3 is 0 Å². The van der Waals surface area contributed by atoms with Crippen LogP contribution in [0.3, 0.4) is 0 Å². The Hall–Kier alpha value is -0.740. The zero-order chi connectivity index (χ0) is 11.8. The smallest absolute Gasteiger partial charge is 0.123 e. The number of rotatable bonds is 7. The number of nitrogens with one attached hydrogen (secondary N) is 1. The second-order valence-corrected chi connectivity index (χ2v) is 4.70. The van der Waals surface area contributed by atoms with Gasteiger partial charge in [-0.3, -0.25) is 0 Å². The Labute approximate surface area is 101 Å². The molecule has 1 aromatic carbocycles. The van der Waals surface area contributed by atoms with Gasteiger partial charge in [-0.15, -0.1) is 0 Å². The predicted octanol–water partition coefficient (Wildman–Crippen LogP) is 2.71. The third-order valence-electron chi connectivity index (χ3n) is 2.40. The van der Waals surface area contributed by atoms with Crippen LogP contribution in [-0.2, 0) is 0 Å². The van der Waals surface area contributed by atoms with E-state index in [1.807, 2.05) is 11.8 Å². The molecule has 0 fully saturated rings. The Balaban J connectivity index is 2.40. The largest absolute Gasteiger partial charge is 0.381 e. The minimum Gasteiger partial charge on any atom is -0.381 e. The van der Waals surface area contributed by atoms with Crippen molar-refractivity contribution in [2.24, 2.45) is 5.73 Å². The lowest BCUT2D eigenvalue weighted by Crippen LogP contribution is -2.28. The van der Waals surface area contributed by atoms with Crippen LogP contribution in [-0.4, -0.2) is 24.6 Å². The second kappa shape index (κ2) is 7.52. The van der Waals surface area contributed by atoms with E-state index in [0.29, 0.717) is 6.54 Å². The van der Waals surface area contributed by atoms with Crippen molar-refractivity contribution in [2.75, 3.05) is 23.9 Å². The van der Waals surface area contributed by atoms with E-state index in [4.69, 9.17) is 5.73 Å². The molecular formula is C12H19FN2S. The standard InChI is InChI=1S/C12H19FN2S/c1-16-8-2-3-12(9-14)15-11-6-4-10(13)5-7-11/h4-7,12,15H,2-3,8-9,14H2,1H3. The highest BCUT2D eigenvalue weighted by molar-refractivity contribution is 7.98. The monoisotopic (exact) mass is 242 g/mol. The molecule has 0 saturated heterocycles. The van der Waals surface area contributed by atoms with E-state index in [9.17, 15) is 4.39 Å². The van der Waals surface area contributed by atoms with Crippen molar-refractivity contribution in [1.29, 1.82) is 0 Å². The van der Waals surface area contributed by atoms with Gasteiger partial charge in [0.25, 0.3) is 0 Å². The molecule has 3 N–H and O–H groups in total. The molecule has 0 bridgehead atoms. The minimum absolute atomic E-state index is 0.211. The Kier molecular flexibility index (Phi) is 6.26. The fourth-order valence-electron chi connectivity index (χ4n) is 1.50. The minimum atomic E-state index is -0.211. The lowest BCUT2D eigenvalue weighted by Gasteiger charge is -2.17. The summed E-state index contributed by atoms with van der Waals surface area (Å²) < 4.78 is 12.7. The molecule has 0 heterocycles. The lowest BCUT2D eigenvalue weighted by molar-refractivity contribution is 0.626. The summed E-state index contributed by atoms with van der Waals surface area (Å²) in [5, 5.41) is 3.31. The van der Waals surface area contributed by atoms with Gasteiger partial charge in [0.15, 0.2) is 0 Å². The average molecular weight is 242 g/mol. The van der Waals surface area contributed by atoms with Crippen LogP contribution in [0.25, 0.3) is 0 Å². The van der Waals surface area contributed by atoms with Gasteiger partial charge in [-0.05, 0) is 49.1 Å². The van der Waals surface area contributed by atoms with E-state index in [2.05, 4.69) is 11.6 Å². The molecule has 0 aliphatic rings. The van der Waals surface area contributed by atoms with Gasteiger partial charge in [0.1, 0.15) is 5.82 Å². The van der Waals surface area contributed by atoms with Crippen LogP contribution >= 0.6 is 11.8 Å². The summed E-state index contributed by atoms with van der Waals surface area (Å²) in [5.74, 6) is 0.943. The highest BCUT2D eigenvalue weighted by atomic mass is 32.2. The molecule has 2 nitrogen and oxygen atoms in total. The maximum absolute atomic E-state index is 12.7. The van der Waals surface area contributed by atoms with Gasteiger partial charge in [0.2, 0.25) is 0 Å². The van der Waals surface area contributed by atoms with Crippen LogP contribution in [0.4, 0.5) is 10.1 Å². The Morgan fingerprint density at radius 1 is 1.38 bits per heavy atom. The number of halogens is 1. The highest BCUT2D eigenvalue weighted by Gasteiger charge is 2.05. The van der Waals surface area contributed by atoms with E-state index in [-0.39, 0.29) is 11.9 Å². The van der Waals surface area contributed by atoms with E-state index in [0.717, 1.165) is 24.3 Å². The second-order valence-electron chi connectivity index (χ2n) is 3.72. The van der Waals surface area contributed by atoms with Crippen LogP contribution in [0.2, 0.25) is 0 Å². The Morgan fingerprint density at radius 3 is 2.62 bits per heavy atom. The van der Waals surface area contributed by atoms with E-state index in [1.165, 1.54) is 12.1 Å². The summed E-state index contributed by atoms with van der Waals surface area (Å²) in [7, 11) is 0. The fourth-order valence-corrected chi connectivity index (χ4v) is 1.96. The molecule has 1 rings (SSSR count). The zero-order valence-corrected chi connectivity index (χ0v) is 10.4. The maximum atomic E-state index is 12.7. The molecule has 0 radical (unpaired) electrons. The summed E-state index contributed by atoms with van der Waals surface area (Å²) in [4.78, 5) is 0. The number of benzene rings is 1. The van der Waals surface area contributed by atoms with Gasteiger partial charge in [-0.25, -0.2) is 4.39 Å². The molecule has 16 heavy (non-hydrogen) atoms. The Bertz CT molecular complexity index is 290. The first kappa shape index (κ1) is 13.3. The molecule has 0 aliphatic carbocycles. The van der Waals surface area contributed by atoms with Gasteiger partial charge in [-0.1, -0.05) is 0 Å². The molecule has 0 spiro atoms. The van der Waals surface area contributed by atoms with Crippen molar-refractivity contribution >= 4 is 17.4 Å². The van der Waals surface area contributed by atoms with Crippen molar-refractivity contribution in [3.05, 3.63) is 30.1 Å². The van der Waals surface area contributed by atoms with E-state index in [1.54, 1.807) is 12.1 Å². The third kappa shape index (κ3) is 4.86. The van der Waals surface area contributed by atoms with Crippen LogP contribution in [0.15, 0.2) is 24.3 Å². The van der Waals surface area contributed by atoms with Gasteiger partial charge < -0.3 is 11.1 Å². The zero-order valence-electron chi connectivity index (χ0n) is 9.58. The molecule has 90 valence electrons. The molecular weight excluding hydrogens is 223 g/mol. The summed E-state index contributed by atoms with van der Waals surface area (Å²) in [5.41, 5.74) is 6.62. The van der Waals surface area contributed by atoms with Crippen molar-refractivity contribution < 1.29 is 4.39 Å². The fraction of sp³-hybridized carbons (Fsp3) is 0.500. The molecule has 0 aliphatic heterocycles. The molecule has 0 saturated carbocycles. The highest BCUT2D eigenvalue weighted by Crippen LogP contribution is 2.12. The third-order valence-corrected chi connectivity index (χ3v) is 3.10. The number of nitrogens with two attached hydrogens (primary N) is 1. The first-order valence-corrected chi connectivity index (χ1v) is 6.86. The van der Waals surface area contributed by atoms with Crippen LogP contribution < -0.4 is 11.1 Å². The summed E-state index contributed by atoms with van der Waals surface area (Å²) in [6.45, 7) is 0.603. The summed E-state index contributed by atoms with van der Waals surface area (Å²) >= 11 is 1.84. The van der Waals surface area contributed by atoms with Crippen LogP contribution in [0.1, 0.15) is 12.8 Å². The first-order valence-electron chi connectivity index (χ1n) is 5.47. The number of anilines is 1. The molecule has 1 unspecified atom stereocenters. The van der Waals surface area contributed by atoms with Gasteiger partial charge in [0.05, 0.1) is 0 Å². The SMILES string of the molecule is CSCCCC(CN)Nc1ccc(F)cc1. The van der Waals surface area contributed by atoms with Crippen LogP contribution in [0.5, 0.6) is 0 Å². The molecule has 1 atom stereocenters.